The Morgan fingerprint density at radius 3 is 2.90 bits per heavy atom. The lowest BCUT2D eigenvalue weighted by molar-refractivity contribution is -0.123. The maximum atomic E-state index is 14.6. The highest BCUT2D eigenvalue weighted by Crippen LogP contribution is 2.47. The molecule has 2 aliphatic rings. The zero-order valence-corrected chi connectivity index (χ0v) is 23.5. The third-order valence-corrected chi connectivity index (χ3v) is 9.57. The summed E-state index contributed by atoms with van der Waals surface area (Å²) in [5.74, 6) is 0.171. The van der Waals surface area contributed by atoms with Crippen LogP contribution in [0.2, 0.25) is 0 Å². The van der Waals surface area contributed by atoms with Gasteiger partial charge < -0.3 is 15.4 Å². The first-order chi connectivity index (χ1) is 19.5. The van der Waals surface area contributed by atoms with Crippen LogP contribution in [0.4, 0.5) is 4.39 Å². The summed E-state index contributed by atoms with van der Waals surface area (Å²) in [6.07, 6.45) is 3.91. The standard InChI is InChI=1S/C29H27FN6O2S2/c1-15-20(12-33-36-15)26-19-6-9-39-28(19)25(27(35-26)29-34-21-5-7-31-13-23(21)40-29)18-3-2-17(30)11-22(18)38-14-16-4-8-32-24(37)10-16/h2-3,6,9,11-12,16,31H,4-5,7-8,10,13-14H2,1H3,(H,32,37)(H,33,36). The summed E-state index contributed by atoms with van der Waals surface area (Å²) in [7, 11) is 0. The van der Waals surface area contributed by atoms with E-state index in [0.717, 1.165) is 80.5 Å². The number of carbonyl (C=O) groups excluding carboxylic acids is 1. The van der Waals surface area contributed by atoms with Crippen LogP contribution < -0.4 is 15.4 Å². The fourth-order valence-electron chi connectivity index (χ4n) is 5.48. The number of ether oxygens (including phenoxy) is 1. The Balaban J connectivity index is 1.42. The van der Waals surface area contributed by atoms with E-state index in [4.69, 9.17) is 14.7 Å². The highest BCUT2D eigenvalue weighted by molar-refractivity contribution is 7.18. The number of nitrogens with one attached hydrogen (secondary N) is 3. The summed E-state index contributed by atoms with van der Waals surface area (Å²) in [6.45, 7) is 4.64. The highest BCUT2D eigenvalue weighted by atomic mass is 32.1. The van der Waals surface area contributed by atoms with Gasteiger partial charge in [0.1, 0.15) is 22.3 Å². The van der Waals surface area contributed by atoms with Crippen molar-refractivity contribution in [2.75, 3.05) is 19.7 Å². The minimum absolute atomic E-state index is 0.0263. The number of rotatable bonds is 6. The average Bonchev–Trinajstić information content (AvgIpc) is 3.71. The van der Waals surface area contributed by atoms with Gasteiger partial charge in [-0.15, -0.1) is 22.7 Å². The Labute approximate surface area is 238 Å². The van der Waals surface area contributed by atoms with Crippen LogP contribution in [0.1, 0.15) is 29.1 Å². The van der Waals surface area contributed by atoms with Crippen molar-refractivity contribution in [3.63, 3.8) is 0 Å². The van der Waals surface area contributed by atoms with Crippen LogP contribution in [0.15, 0.2) is 35.8 Å². The number of hydrogen-bond acceptors (Lipinski definition) is 8. The largest absolute Gasteiger partial charge is 0.493 e. The SMILES string of the molecule is Cc1[nH]ncc1-c1nc(-c2nc3c(s2)CNCC3)c(-c2ccc(F)cc2OCC2CCNC(=O)C2)c2sccc12. The molecule has 0 bridgehead atoms. The molecule has 5 aromatic rings. The van der Waals surface area contributed by atoms with E-state index in [-0.39, 0.29) is 17.6 Å². The number of fused-ring (bicyclic) bond motifs is 2. The molecule has 2 aliphatic heterocycles. The van der Waals surface area contributed by atoms with E-state index in [2.05, 4.69) is 32.3 Å². The summed E-state index contributed by atoms with van der Waals surface area (Å²) in [6, 6.07) is 6.75. The number of aryl methyl sites for hydroxylation is 1. The number of aromatic nitrogens is 4. The van der Waals surface area contributed by atoms with Crippen LogP contribution in [0.25, 0.3) is 43.2 Å². The van der Waals surface area contributed by atoms with Crippen molar-refractivity contribution in [2.45, 2.75) is 32.7 Å². The molecular weight excluding hydrogens is 547 g/mol. The lowest BCUT2D eigenvalue weighted by Gasteiger charge is -2.23. The first-order valence-corrected chi connectivity index (χ1v) is 15.1. The summed E-state index contributed by atoms with van der Waals surface area (Å²) < 4.78 is 22.0. The zero-order valence-electron chi connectivity index (χ0n) is 21.8. The number of benzene rings is 1. The number of piperidine rings is 1. The molecule has 1 aromatic carbocycles. The van der Waals surface area contributed by atoms with Crippen molar-refractivity contribution < 1.29 is 13.9 Å². The predicted octanol–water partition coefficient (Wildman–Crippen LogP) is 5.48. The molecule has 4 aromatic heterocycles. The van der Waals surface area contributed by atoms with E-state index in [9.17, 15) is 9.18 Å². The number of aromatic amines is 1. The molecule has 8 nitrogen and oxygen atoms in total. The normalized spacial score (nSPS) is 17.1. The molecule has 40 heavy (non-hydrogen) atoms. The molecule has 0 aliphatic carbocycles. The number of H-pyrrole nitrogens is 1. The Bertz CT molecular complexity index is 1720. The van der Waals surface area contributed by atoms with Gasteiger partial charge in [0.2, 0.25) is 5.91 Å². The summed E-state index contributed by atoms with van der Waals surface area (Å²) in [4.78, 5) is 23.5. The summed E-state index contributed by atoms with van der Waals surface area (Å²) in [5, 5.41) is 17.5. The second kappa shape index (κ2) is 10.4. The maximum Gasteiger partial charge on any atom is 0.220 e. The molecule has 0 saturated carbocycles. The number of nitrogens with zero attached hydrogens (tertiary/aromatic N) is 3. The maximum absolute atomic E-state index is 14.6. The first kappa shape index (κ1) is 25.3. The van der Waals surface area contributed by atoms with Crippen molar-refractivity contribution in [1.29, 1.82) is 0 Å². The van der Waals surface area contributed by atoms with Gasteiger partial charge in [0.25, 0.3) is 0 Å². The zero-order chi connectivity index (χ0) is 27.2. The monoisotopic (exact) mass is 574 g/mol. The van der Waals surface area contributed by atoms with E-state index >= 15 is 0 Å². The number of halogens is 1. The van der Waals surface area contributed by atoms with Crippen molar-refractivity contribution >= 4 is 38.7 Å². The number of amides is 1. The van der Waals surface area contributed by atoms with Gasteiger partial charge in [-0.3, -0.25) is 9.89 Å². The van der Waals surface area contributed by atoms with Gasteiger partial charge in [-0.1, -0.05) is 0 Å². The minimum atomic E-state index is -0.376. The van der Waals surface area contributed by atoms with Gasteiger partial charge in [-0.25, -0.2) is 14.4 Å². The predicted molar refractivity (Wildman–Crippen MR) is 155 cm³/mol. The topological polar surface area (TPSA) is 105 Å². The van der Waals surface area contributed by atoms with Gasteiger partial charge in [0.15, 0.2) is 0 Å². The molecule has 1 amide bonds. The lowest BCUT2D eigenvalue weighted by atomic mass is 9.97. The average molecular weight is 575 g/mol. The third kappa shape index (κ3) is 4.57. The fourth-order valence-corrected chi connectivity index (χ4v) is 7.50. The van der Waals surface area contributed by atoms with E-state index in [1.54, 1.807) is 28.7 Å². The molecule has 0 spiro atoms. The quantitative estimate of drug-likeness (QED) is 0.248. The summed E-state index contributed by atoms with van der Waals surface area (Å²) >= 11 is 3.27. The molecule has 3 N–H and O–H groups in total. The van der Waals surface area contributed by atoms with Crippen LogP contribution in [-0.2, 0) is 17.8 Å². The molecule has 11 heteroatoms. The van der Waals surface area contributed by atoms with Crippen molar-refractivity contribution in [3.05, 3.63) is 57.9 Å². The molecular formula is C29H27FN6O2S2. The molecule has 7 rings (SSSR count). The van der Waals surface area contributed by atoms with Gasteiger partial charge >= 0.3 is 0 Å². The lowest BCUT2D eigenvalue weighted by Crippen LogP contribution is -2.35. The Kier molecular flexibility index (Phi) is 6.57. The molecule has 1 fully saturated rings. The first-order valence-electron chi connectivity index (χ1n) is 13.4. The van der Waals surface area contributed by atoms with Crippen LogP contribution in [0.3, 0.4) is 0 Å². The molecule has 1 unspecified atom stereocenters. The smallest absolute Gasteiger partial charge is 0.220 e. The van der Waals surface area contributed by atoms with Crippen LogP contribution in [0, 0.1) is 18.7 Å². The van der Waals surface area contributed by atoms with E-state index < -0.39 is 0 Å². The molecule has 1 saturated heterocycles. The van der Waals surface area contributed by atoms with Crippen molar-refractivity contribution in [2.24, 2.45) is 5.92 Å². The van der Waals surface area contributed by atoms with E-state index in [1.807, 2.05) is 13.1 Å². The Morgan fingerprint density at radius 1 is 1.15 bits per heavy atom. The third-order valence-electron chi connectivity index (χ3n) is 7.53. The molecule has 6 heterocycles. The number of pyridine rings is 1. The van der Waals surface area contributed by atoms with E-state index in [0.29, 0.717) is 25.3 Å². The second-order valence-electron chi connectivity index (χ2n) is 10.2. The number of carbonyl (C=O) groups is 1. The summed E-state index contributed by atoms with van der Waals surface area (Å²) in [5.41, 5.74) is 6.20. The Morgan fingerprint density at radius 2 is 2.08 bits per heavy atom. The van der Waals surface area contributed by atoms with Crippen molar-refractivity contribution in [1.82, 2.24) is 30.8 Å². The molecule has 0 radical (unpaired) electrons. The highest BCUT2D eigenvalue weighted by Gasteiger charge is 2.27. The van der Waals surface area contributed by atoms with E-state index in [1.165, 1.54) is 17.0 Å². The molecule has 204 valence electrons. The van der Waals surface area contributed by atoms with Crippen LogP contribution in [0.5, 0.6) is 5.75 Å². The van der Waals surface area contributed by atoms with Crippen molar-refractivity contribution in [3.8, 4) is 38.8 Å². The number of thiazole rings is 1. The van der Waals surface area contributed by atoms with Gasteiger partial charge in [-0.05, 0) is 36.9 Å². The number of hydrogen-bond donors (Lipinski definition) is 3. The minimum Gasteiger partial charge on any atom is -0.493 e. The van der Waals surface area contributed by atoms with Gasteiger partial charge in [0, 0.05) is 81.8 Å². The second-order valence-corrected chi connectivity index (χ2v) is 12.2. The number of thiophene rings is 1. The van der Waals surface area contributed by atoms with Gasteiger partial charge in [-0.2, -0.15) is 5.10 Å². The van der Waals surface area contributed by atoms with Crippen LogP contribution in [-0.4, -0.2) is 45.8 Å². The fraction of sp³-hybridized carbons (Fsp3) is 0.310. The van der Waals surface area contributed by atoms with Gasteiger partial charge in [0.05, 0.1) is 24.2 Å². The Hall–Kier alpha value is -3.67. The molecule has 1 atom stereocenters. The van der Waals surface area contributed by atoms with Crippen LogP contribution >= 0.6 is 22.7 Å².